The van der Waals surface area contributed by atoms with Crippen LogP contribution in [0, 0.1) is 5.82 Å². The van der Waals surface area contributed by atoms with Crippen LogP contribution in [0.2, 0.25) is 0 Å². The fraction of sp³-hybridized carbons (Fsp3) is 0.200. The van der Waals surface area contributed by atoms with Crippen LogP contribution in [-0.4, -0.2) is 12.8 Å². The Morgan fingerprint density at radius 2 is 1.71 bits per heavy atom. The van der Waals surface area contributed by atoms with E-state index >= 15 is 0 Å². The maximum Gasteiger partial charge on any atom is 0.422 e. The van der Waals surface area contributed by atoms with E-state index in [4.69, 9.17) is 0 Å². The van der Waals surface area contributed by atoms with Crippen molar-refractivity contribution in [1.82, 2.24) is 0 Å². The molecule has 0 aliphatic heterocycles. The Morgan fingerprint density at radius 1 is 1.00 bits per heavy atom. The average Bonchev–Trinajstić information content (AvgIpc) is 2.44. The molecule has 0 aliphatic rings. The van der Waals surface area contributed by atoms with Gasteiger partial charge in [0.25, 0.3) is 0 Å². The zero-order valence-corrected chi connectivity index (χ0v) is 11.0. The summed E-state index contributed by atoms with van der Waals surface area (Å²) < 4.78 is 53.7. The maximum atomic E-state index is 12.7. The third kappa shape index (κ3) is 5.33. The second kappa shape index (κ2) is 6.47. The third-order valence-electron chi connectivity index (χ3n) is 2.64. The van der Waals surface area contributed by atoms with Crippen molar-refractivity contribution in [2.24, 2.45) is 0 Å². The molecule has 0 unspecified atom stereocenters. The molecule has 0 spiro atoms. The number of benzene rings is 2. The van der Waals surface area contributed by atoms with Crippen LogP contribution in [0.4, 0.5) is 23.2 Å². The second-order valence-electron chi connectivity index (χ2n) is 4.41. The molecule has 0 aromatic heterocycles. The molecule has 2 rings (SSSR count). The van der Waals surface area contributed by atoms with Gasteiger partial charge < -0.3 is 10.1 Å². The fourth-order valence-corrected chi connectivity index (χ4v) is 1.68. The minimum atomic E-state index is -4.36. The van der Waals surface area contributed by atoms with Gasteiger partial charge in [-0.1, -0.05) is 12.1 Å². The molecule has 0 bridgehead atoms. The number of anilines is 1. The van der Waals surface area contributed by atoms with Crippen LogP contribution in [0.5, 0.6) is 5.75 Å². The molecule has 0 atom stereocenters. The SMILES string of the molecule is Fc1ccc(NCc2cccc(OCC(F)(F)F)c2)cc1. The fourth-order valence-electron chi connectivity index (χ4n) is 1.68. The molecule has 2 nitrogen and oxygen atoms in total. The second-order valence-corrected chi connectivity index (χ2v) is 4.41. The summed E-state index contributed by atoms with van der Waals surface area (Å²) in [6.07, 6.45) is -4.36. The van der Waals surface area contributed by atoms with Gasteiger partial charge in [0.15, 0.2) is 6.61 Å². The first kappa shape index (κ1) is 15.2. The smallest absolute Gasteiger partial charge is 0.422 e. The van der Waals surface area contributed by atoms with Crippen molar-refractivity contribution in [3.63, 3.8) is 0 Å². The summed E-state index contributed by atoms with van der Waals surface area (Å²) in [5, 5.41) is 3.04. The van der Waals surface area contributed by atoms with Crippen LogP contribution < -0.4 is 10.1 Å². The minimum Gasteiger partial charge on any atom is -0.484 e. The van der Waals surface area contributed by atoms with E-state index in [1.807, 2.05) is 0 Å². The molecule has 0 saturated heterocycles. The summed E-state index contributed by atoms with van der Waals surface area (Å²) in [4.78, 5) is 0. The summed E-state index contributed by atoms with van der Waals surface area (Å²) in [6, 6.07) is 12.2. The van der Waals surface area contributed by atoms with E-state index in [0.717, 1.165) is 11.3 Å². The van der Waals surface area contributed by atoms with E-state index in [9.17, 15) is 17.6 Å². The summed E-state index contributed by atoms with van der Waals surface area (Å²) in [7, 11) is 0. The Balaban J connectivity index is 1.93. The van der Waals surface area contributed by atoms with Gasteiger partial charge in [0.05, 0.1) is 0 Å². The van der Waals surface area contributed by atoms with Gasteiger partial charge in [-0.05, 0) is 42.0 Å². The zero-order valence-electron chi connectivity index (χ0n) is 11.0. The van der Waals surface area contributed by atoms with Crippen LogP contribution >= 0.6 is 0 Å². The number of hydrogen-bond acceptors (Lipinski definition) is 2. The predicted octanol–water partition coefficient (Wildman–Crippen LogP) is 4.38. The number of alkyl halides is 3. The number of ether oxygens (including phenoxy) is 1. The van der Waals surface area contributed by atoms with E-state index in [2.05, 4.69) is 10.1 Å². The molecular formula is C15H13F4NO. The number of halogens is 4. The molecule has 112 valence electrons. The molecule has 6 heteroatoms. The highest BCUT2D eigenvalue weighted by molar-refractivity contribution is 5.44. The summed E-state index contributed by atoms with van der Waals surface area (Å²) in [5.74, 6) is -0.172. The lowest BCUT2D eigenvalue weighted by molar-refractivity contribution is -0.153. The largest absolute Gasteiger partial charge is 0.484 e. The number of hydrogen-bond donors (Lipinski definition) is 1. The lowest BCUT2D eigenvalue weighted by Crippen LogP contribution is -2.19. The van der Waals surface area contributed by atoms with Crippen molar-refractivity contribution in [1.29, 1.82) is 0 Å². The molecule has 0 saturated carbocycles. The van der Waals surface area contributed by atoms with Crippen LogP contribution in [0.15, 0.2) is 48.5 Å². The molecule has 0 aliphatic carbocycles. The molecule has 0 fully saturated rings. The van der Waals surface area contributed by atoms with Gasteiger partial charge in [0.1, 0.15) is 11.6 Å². The first-order valence-corrected chi connectivity index (χ1v) is 6.20. The first-order chi connectivity index (χ1) is 9.92. The van der Waals surface area contributed by atoms with Gasteiger partial charge in [-0.25, -0.2) is 4.39 Å². The Morgan fingerprint density at radius 3 is 2.38 bits per heavy atom. The van der Waals surface area contributed by atoms with Gasteiger partial charge in [0.2, 0.25) is 0 Å². The van der Waals surface area contributed by atoms with Crippen molar-refractivity contribution in [3.05, 3.63) is 59.9 Å². The molecule has 0 heterocycles. The molecular weight excluding hydrogens is 286 g/mol. The molecule has 2 aromatic rings. The monoisotopic (exact) mass is 299 g/mol. The minimum absolute atomic E-state index is 0.158. The maximum absolute atomic E-state index is 12.7. The Hall–Kier alpha value is -2.24. The van der Waals surface area contributed by atoms with Crippen LogP contribution in [0.3, 0.4) is 0 Å². The highest BCUT2D eigenvalue weighted by atomic mass is 19.4. The van der Waals surface area contributed by atoms with E-state index in [1.54, 1.807) is 24.3 Å². The van der Waals surface area contributed by atoms with Crippen LogP contribution in [0.1, 0.15) is 5.56 Å². The van der Waals surface area contributed by atoms with Crippen molar-refractivity contribution >= 4 is 5.69 Å². The third-order valence-corrected chi connectivity index (χ3v) is 2.64. The molecule has 0 amide bonds. The van der Waals surface area contributed by atoms with Gasteiger partial charge in [-0.3, -0.25) is 0 Å². The molecule has 21 heavy (non-hydrogen) atoms. The van der Waals surface area contributed by atoms with E-state index in [1.165, 1.54) is 24.3 Å². The van der Waals surface area contributed by atoms with E-state index in [0.29, 0.717) is 6.54 Å². The van der Waals surface area contributed by atoms with Gasteiger partial charge >= 0.3 is 6.18 Å². The molecule has 2 aromatic carbocycles. The summed E-state index contributed by atoms with van der Waals surface area (Å²) in [5.41, 5.74) is 1.48. The summed E-state index contributed by atoms with van der Waals surface area (Å²) in [6.45, 7) is -0.920. The van der Waals surface area contributed by atoms with Crippen LogP contribution in [-0.2, 0) is 6.54 Å². The van der Waals surface area contributed by atoms with Crippen molar-refractivity contribution in [2.45, 2.75) is 12.7 Å². The lowest BCUT2D eigenvalue weighted by atomic mass is 10.2. The Kier molecular flexibility index (Phi) is 4.67. The highest BCUT2D eigenvalue weighted by Gasteiger charge is 2.28. The van der Waals surface area contributed by atoms with Crippen molar-refractivity contribution in [2.75, 3.05) is 11.9 Å². The van der Waals surface area contributed by atoms with Gasteiger partial charge in [-0.2, -0.15) is 13.2 Å². The Labute approximate surface area is 119 Å². The number of rotatable bonds is 5. The van der Waals surface area contributed by atoms with E-state index in [-0.39, 0.29) is 11.6 Å². The lowest BCUT2D eigenvalue weighted by Gasteiger charge is -2.11. The number of nitrogens with one attached hydrogen (secondary N) is 1. The average molecular weight is 299 g/mol. The summed E-state index contributed by atoms with van der Waals surface area (Å²) >= 11 is 0. The van der Waals surface area contributed by atoms with Gasteiger partial charge in [-0.15, -0.1) is 0 Å². The van der Waals surface area contributed by atoms with Gasteiger partial charge in [0, 0.05) is 12.2 Å². The quantitative estimate of drug-likeness (QED) is 0.827. The van der Waals surface area contributed by atoms with Crippen molar-refractivity contribution < 1.29 is 22.3 Å². The normalized spacial score (nSPS) is 11.2. The molecule has 1 N–H and O–H groups in total. The topological polar surface area (TPSA) is 21.3 Å². The predicted molar refractivity (Wildman–Crippen MR) is 71.7 cm³/mol. The Bertz CT molecular complexity index is 581. The van der Waals surface area contributed by atoms with E-state index < -0.39 is 12.8 Å². The first-order valence-electron chi connectivity index (χ1n) is 6.20. The van der Waals surface area contributed by atoms with Crippen LogP contribution in [0.25, 0.3) is 0 Å². The standard InChI is InChI=1S/C15H13F4NO/c16-12-4-6-13(7-5-12)20-9-11-2-1-3-14(8-11)21-10-15(17,18)19/h1-8,20H,9-10H2. The zero-order chi connectivity index (χ0) is 15.3. The highest BCUT2D eigenvalue weighted by Crippen LogP contribution is 2.20. The van der Waals surface area contributed by atoms with Crippen molar-refractivity contribution in [3.8, 4) is 5.75 Å². The molecule has 0 radical (unpaired) electrons.